The first-order chi connectivity index (χ1) is 19.0. The fourth-order valence-electron chi connectivity index (χ4n) is 7.75. The van der Waals surface area contributed by atoms with Gasteiger partial charge in [0.25, 0.3) is 0 Å². The van der Waals surface area contributed by atoms with Crippen LogP contribution in [-0.4, -0.2) is 21.6 Å². The van der Waals surface area contributed by atoms with Gasteiger partial charge in [0, 0.05) is 21.1 Å². The van der Waals surface area contributed by atoms with E-state index in [1.165, 1.54) is 21.8 Å². The molecule has 3 aromatic carbocycles. The maximum atomic E-state index is 13.9. The van der Waals surface area contributed by atoms with Crippen molar-refractivity contribution < 1.29 is 9.59 Å². The van der Waals surface area contributed by atoms with Crippen molar-refractivity contribution in [3.8, 4) is 5.69 Å². The van der Waals surface area contributed by atoms with Crippen molar-refractivity contribution in [2.24, 2.45) is 29.6 Å². The number of carbonyl (C=O) groups excluding carboxylic acids is 2. The number of carbonyl (C=O) groups is 2. The summed E-state index contributed by atoms with van der Waals surface area (Å²) in [4.78, 5) is 43.7. The number of rotatable bonds is 3. The zero-order valence-corrected chi connectivity index (χ0v) is 23.0. The molecule has 2 saturated carbocycles. The molecule has 4 aliphatic rings. The Kier molecular flexibility index (Phi) is 5.28. The zero-order chi connectivity index (χ0) is 26.4. The van der Waals surface area contributed by atoms with Gasteiger partial charge in [-0.15, -0.1) is 11.8 Å². The van der Waals surface area contributed by atoms with Crippen molar-refractivity contribution in [3.05, 3.63) is 110 Å². The van der Waals surface area contributed by atoms with Gasteiger partial charge in [-0.1, -0.05) is 71.5 Å². The molecule has 3 fully saturated rings. The predicted octanol–water partition coefficient (Wildman–Crippen LogP) is 6.23. The van der Waals surface area contributed by atoms with E-state index in [-0.39, 0.29) is 57.4 Å². The average Bonchev–Trinajstić information content (AvgIpc) is 3.68. The average molecular weight is 571 g/mol. The van der Waals surface area contributed by atoms with Crippen LogP contribution < -0.4 is 9.77 Å². The number of imide groups is 1. The van der Waals surface area contributed by atoms with Gasteiger partial charge >= 0.3 is 4.87 Å². The van der Waals surface area contributed by atoms with Crippen LogP contribution in [0.4, 0.5) is 5.69 Å². The summed E-state index contributed by atoms with van der Waals surface area (Å²) in [6, 6.07) is 27.1. The maximum absolute atomic E-state index is 13.9. The van der Waals surface area contributed by atoms with Gasteiger partial charge in [-0.05, 0) is 66.1 Å². The van der Waals surface area contributed by atoms with Crippen LogP contribution in [0.5, 0.6) is 0 Å². The maximum Gasteiger partial charge on any atom is 0.312 e. The Labute approximate surface area is 238 Å². The predicted molar refractivity (Wildman–Crippen MR) is 154 cm³/mol. The summed E-state index contributed by atoms with van der Waals surface area (Å²) < 4.78 is 1.85. The molecule has 1 aromatic heterocycles. The number of hydrogen-bond donors (Lipinski definition) is 0. The van der Waals surface area contributed by atoms with Crippen LogP contribution in [-0.2, 0) is 9.59 Å². The summed E-state index contributed by atoms with van der Waals surface area (Å²) in [7, 11) is 0. The minimum atomic E-state index is -0.319. The van der Waals surface area contributed by atoms with Crippen LogP contribution in [0, 0.1) is 29.6 Å². The summed E-state index contributed by atoms with van der Waals surface area (Å²) in [6.07, 6.45) is 0.872. The molecule has 4 aromatic rings. The Balaban J connectivity index is 1.26. The van der Waals surface area contributed by atoms with Crippen LogP contribution >= 0.6 is 34.7 Å². The third kappa shape index (κ3) is 3.30. The number of anilines is 1. The molecule has 8 rings (SSSR count). The minimum absolute atomic E-state index is 0.00760. The van der Waals surface area contributed by atoms with Crippen molar-refractivity contribution in [1.29, 1.82) is 0 Å². The van der Waals surface area contributed by atoms with Gasteiger partial charge in [-0.3, -0.25) is 23.9 Å². The van der Waals surface area contributed by atoms with E-state index in [0.29, 0.717) is 10.7 Å². The standard InChI is InChI=1S/C31H23ClN2O3S2/c32-17-11-13-19(14-12-17)33-28(35)24-20-15-21(25(24)29(33)36)26-23(20)22(16-7-3-1-4-8-16)27-30(38-26)34(31(37)39-27)18-9-5-2-6-10-18/h1-14,20-26H,15H2/t20-,21+,22-,23+,24+,25+,26+/m0/s1. The molecular weight excluding hydrogens is 548 g/mol. The first kappa shape index (κ1) is 23.7. The summed E-state index contributed by atoms with van der Waals surface area (Å²) in [6.45, 7) is 0. The SMILES string of the molecule is O=C1[C@@H]2[C@H]3C[C@@H]([C@H]4Sc5c(sc(=O)n5-c5ccccc5)[C@@H](c5ccccc5)[C@@H]34)[C@H]2C(=O)N1c1ccc(Cl)cc1. The summed E-state index contributed by atoms with van der Waals surface area (Å²) in [5.41, 5.74) is 2.63. The van der Waals surface area contributed by atoms with Gasteiger partial charge in [-0.2, -0.15) is 0 Å². The third-order valence-corrected chi connectivity index (χ3v) is 12.1. The molecular formula is C31H23ClN2O3S2. The molecule has 2 aliphatic heterocycles. The van der Waals surface area contributed by atoms with Crippen molar-refractivity contribution >= 4 is 52.2 Å². The second kappa shape index (κ2) is 8.68. The molecule has 1 saturated heterocycles. The quantitative estimate of drug-likeness (QED) is 0.274. The third-order valence-electron chi connectivity index (χ3n) is 9.13. The molecule has 5 nitrogen and oxygen atoms in total. The molecule has 39 heavy (non-hydrogen) atoms. The van der Waals surface area contributed by atoms with E-state index in [9.17, 15) is 14.4 Å². The Morgan fingerprint density at radius 2 is 1.38 bits per heavy atom. The van der Waals surface area contributed by atoms with Crippen LogP contribution in [0.25, 0.3) is 5.69 Å². The van der Waals surface area contributed by atoms with Gasteiger partial charge in [-0.25, -0.2) is 0 Å². The number of aromatic nitrogens is 1. The highest BCUT2D eigenvalue weighted by molar-refractivity contribution is 8.00. The largest absolute Gasteiger partial charge is 0.312 e. The van der Waals surface area contributed by atoms with E-state index in [0.717, 1.165) is 22.0 Å². The normalized spacial score (nSPS) is 30.4. The van der Waals surface area contributed by atoms with Crippen molar-refractivity contribution in [3.63, 3.8) is 0 Å². The second-order valence-electron chi connectivity index (χ2n) is 10.9. The first-order valence-electron chi connectivity index (χ1n) is 13.2. The molecule has 0 unspecified atom stereocenters. The van der Waals surface area contributed by atoms with Crippen LogP contribution in [0.15, 0.2) is 94.7 Å². The number of para-hydroxylation sites is 1. The first-order valence-corrected chi connectivity index (χ1v) is 15.3. The van der Waals surface area contributed by atoms with E-state index in [1.54, 1.807) is 36.0 Å². The molecule has 0 spiro atoms. The molecule has 8 heteroatoms. The number of hydrogen-bond acceptors (Lipinski definition) is 5. The summed E-state index contributed by atoms with van der Waals surface area (Å²) >= 11 is 9.17. The smallest absolute Gasteiger partial charge is 0.274 e. The lowest BCUT2D eigenvalue weighted by molar-refractivity contribution is -0.123. The number of amides is 2. The summed E-state index contributed by atoms with van der Waals surface area (Å²) in [5.74, 6) is -0.447. The lowest BCUT2D eigenvalue weighted by Gasteiger charge is -2.43. The second-order valence-corrected chi connectivity index (χ2v) is 13.5. The molecule has 3 heterocycles. The van der Waals surface area contributed by atoms with Crippen LogP contribution in [0.2, 0.25) is 5.02 Å². The zero-order valence-electron chi connectivity index (χ0n) is 20.6. The molecule has 7 atom stereocenters. The highest BCUT2D eigenvalue weighted by Gasteiger charge is 2.69. The van der Waals surface area contributed by atoms with E-state index in [4.69, 9.17) is 11.6 Å². The van der Waals surface area contributed by atoms with Crippen molar-refractivity contribution in [2.45, 2.75) is 22.6 Å². The number of fused-ring (bicyclic) bond motifs is 9. The molecule has 2 bridgehead atoms. The van der Waals surface area contributed by atoms with E-state index in [2.05, 4.69) is 12.1 Å². The fraction of sp³-hybridized carbons (Fsp3) is 0.258. The van der Waals surface area contributed by atoms with Crippen LogP contribution in [0.1, 0.15) is 22.8 Å². The lowest BCUT2D eigenvalue weighted by atomic mass is 9.68. The van der Waals surface area contributed by atoms with Gasteiger partial charge in [0.2, 0.25) is 11.8 Å². The van der Waals surface area contributed by atoms with Gasteiger partial charge in [0.15, 0.2) is 0 Å². The number of thiazole rings is 1. The molecule has 2 amide bonds. The van der Waals surface area contributed by atoms with E-state index >= 15 is 0 Å². The number of thioether (sulfide) groups is 1. The monoisotopic (exact) mass is 570 g/mol. The fourth-order valence-corrected chi connectivity index (χ4v) is 11.0. The molecule has 194 valence electrons. The van der Waals surface area contributed by atoms with Gasteiger partial charge in [0.1, 0.15) is 0 Å². The highest BCUT2D eigenvalue weighted by atomic mass is 35.5. The minimum Gasteiger partial charge on any atom is -0.274 e. The topological polar surface area (TPSA) is 59.4 Å². The Bertz CT molecular complexity index is 1680. The van der Waals surface area contributed by atoms with Gasteiger partial charge in [0.05, 0.1) is 28.2 Å². The molecule has 2 aliphatic carbocycles. The van der Waals surface area contributed by atoms with Gasteiger partial charge < -0.3 is 0 Å². The number of halogens is 1. The Hall–Kier alpha value is -3.13. The lowest BCUT2D eigenvalue weighted by Crippen LogP contribution is -2.43. The Morgan fingerprint density at radius 1 is 0.744 bits per heavy atom. The summed E-state index contributed by atoms with van der Waals surface area (Å²) in [5, 5.41) is 1.71. The van der Waals surface area contributed by atoms with Crippen LogP contribution in [0.3, 0.4) is 0 Å². The highest BCUT2D eigenvalue weighted by Crippen LogP contribution is 2.69. The van der Waals surface area contributed by atoms with Crippen molar-refractivity contribution in [1.82, 2.24) is 4.57 Å². The molecule has 0 N–H and O–H groups in total. The number of nitrogens with zero attached hydrogens (tertiary/aromatic N) is 2. The van der Waals surface area contributed by atoms with E-state index in [1.807, 2.05) is 53.1 Å². The number of benzene rings is 3. The van der Waals surface area contributed by atoms with Crippen molar-refractivity contribution in [2.75, 3.05) is 4.90 Å². The Morgan fingerprint density at radius 3 is 2.08 bits per heavy atom. The molecule has 0 radical (unpaired) electrons. The van der Waals surface area contributed by atoms with E-state index < -0.39 is 0 Å².